The summed E-state index contributed by atoms with van der Waals surface area (Å²) in [7, 11) is 0. The van der Waals surface area contributed by atoms with Crippen LogP contribution in [0.15, 0.2) is 23.3 Å². The zero-order valence-electron chi connectivity index (χ0n) is 14.2. The summed E-state index contributed by atoms with van der Waals surface area (Å²) in [6, 6.07) is 0. The molecular weight excluding hydrogens is 274 g/mol. The van der Waals surface area contributed by atoms with E-state index >= 15 is 0 Å². The van der Waals surface area contributed by atoms with Crippen molar-refractivity contribution < 1.29 is 9.84 Å². The van der Waals surface area contributed by atoms with Crippen molar-refractivity contribution in [1.82, 2.24) is 4.90 Å². The Hall–Kier alpha value is -0.640. The quantitative estimate of drug-likeness (QED) is 0.730. The minimum Gasteiger partial charge on any atom is -0.392 e. The van der Waals surface area contributed by atoms with Crippen molar-refractivity contribution >= 4 is 0 Å². The number of hydrogen-bond donors (Lipinski definition) is 1. The van der Waals surface area contributed by atoms with E-state index in [4.69, 9.17) is 4.74 Å². The first-order chi connectivity index (χ1) is 10.8. The van der Waals surface area contributed by atoms with Crippen LogP contribution in [0.4, 0.5) is 0 Å². The van der Waals surface area contributed by atoms with Gasteiger partial charge in [-0.15, -0.1) is 0 Å². The molecule has 126 valence electrons. The van der Waals surface area contributed by atoms with E-state index in [-0.39, 0.29) is 6.61 Å². The van der Waals surface area contributed by atoms with Gasteiger partial charge in [-0.3, -0.25) is 4.90 Å². The van der Waals surface area contributed by atoms with Crippen LogP contribution >= 0.6 is 0 Å². The lowest BCUT2D eigenvalue weighted by atomic mass is 9.81. The minimum atomic E-state index is 0.160. The monoisotopic (exact) mass is 307 g/mol. The molecule has 0 amide bonds. The molecule has 1 aliphatic carbocycles. The van der Waals surface area contributed by atoms with Crippen molar-refractivity contribution in [2.75, 3.05) is 39.5 Å². The van der Waals surface area contributed by atoms with Crippen LogP contribution in [0.2, 0.25) is 0 Å². The number of nitrogens with zero attached hydrogens (tertiary/aromatic N) is 1. The van der Waals surface area contributed by atoms with E-state index in [1.165, 1.54) is 44.1 Å². The van der Waals surface area contributed by atoms with Gasteiger partial charge < -0.3 is 9.84 Å². The number of aliphatic hydroxyl groups is 1. The van der Waals surface area contributed by atoms with Gasteiger partial charge in [-0.25, -0.2) is 0 Å². The highest BCUT2D eigenvalue weighted by molar-refractivity contribution is 5.24. The topological polar surface area (TPSA) is 32.7 Å². The lowest BCUT2D eigenvalue weighted by Crippen LogP contribution is -2.31. The first-order valence-electron chi connectivity index (χ1n) is 9.14. The van der Waals surface area contributed by atoms with Crippen molar-refractivity contribution in [3.05, 3.63) is 23.3 Å². The summed E-state index contributed by atoms with van der Waals surface area (Å²) >= 11 is 0. The molecule has 1 atom stereocenters. The van der Waals surface area contributed by atoms with Crippen LogP contribution in [0, 0.1) is 5.92 Å². The normalized spacial score (nSPS) is 23.0. The molecule has 2 aliphatic rings. The molecule has 0 radical (unpaired) electrons. The molecule has 1 unspecified atom stereocenters. The average molecular weight is 307 g/mol. The molecule has 1 saturated heterocycles. The fourth-order valence-corrected chi connectivity index (χ4v) is 3.73. The van der Waals surface area contributed by atoms with E-state index in [9.17, 15) is 5.11 Å². The Morgan fingerprint density at radius 1 is 1.32 bits per heavy atom. The first-order valence-corrected chi connectivity index (χ1v) is 9.14. The fraction of sp³-hybridized carbons (Fsp3) is 0.789. The van der Waals surface area contributed by atoms with E-state index in [0.717, 1.165) is 39.3 Å². The molecular formula is C19H33NO2. The Morgan fingerprint density at radius 2 is 2.23 bits per heavy atom. The lowest BCUT2D eigenvalue weighted by molar-refractivity contribution is 0.142. The van der Waals surface area contributed by atoms with E-state index < -0.39 is 0 Å². The van der Waals surface area contributed by atoms with Gasteiger partial charge in [-0.2, -0.15) is 0 Å². The molecule has 0 spiro atoms. The third-order valence-electron chi connectivity index (χ3n) is 4.87. The molecule has 2 rings (SSSR count). The van der Waals surface area contributed by atoms with Gasteiger partial charge in [0, 0.05) is 32.2 Å². The summed E-state index contributed by atoms with van der Waals surface area (Å²) in [6.45, 7) is 7.28. The van der Waals surface area contributed by atoms with Crippen LogP contribution in [0.5, 0.6) is 0 Å². The molecule has 0 aromatic carbocycles. The zero-order chi connectivity index (χ0) is 15.6. The van der Waals surface area contributed by atoms with Crippen molar-refractivity contribution in [2.24, 2.45) is 5.92 Å². The summed E-state index contributed by atoms with van der Waals surface area (Å²) < 4.78 is 5.57. The standard InChI is InChI=1S/C19H33NO2/c1-2-7-19(17-8-4-3-5-9-17)18(10-13-21)16-20-11-6-14-22-15-12-20/h8,10,19,21H,2-7,9,11-16H2,1H3/b18-10-. The number of hydrogen-bond acceptors (Lipinski definition) is 3. The maximum Gasteiger partial charge on any atom is 0.0615 e. The largest absolute Gasteiger partial charge is 0.392 e. The van der Waals surface area contributed by atoms with Crippen molar-refractivity contribution in [2.45, 2.75) is 51.9 Å². The van der Waals surface area contributed by atoms with Gasteiger partial charge in [0.2, 0.25) is 0 Å². The maximum absolute atomic E-state index is 9.50. The Kier molecular flexibility index (Phi) is 8.21. The highest BCUT2D eigenvalue weighted by Crippen LogP contribution is 2.33. The second-order valence-electron chi connectivity index (χ2n) is 6.57. The first kappa shape index (κ1) is 17.7. The number of aliphatic hydroxyl groups excluding tert-OH is 1. The molecule has 0 bridgehead atoms. The van der Waals surface area contributed by atoms with E-state index in [1.54, 1.807) is 5.57 Å². The second-order valence-corrected chi connectivity index (χ2v) is 6.57. The van der Waals surface area contributed by atoms with Crippen molar-refractivity contribution in [3.63, 3.8) is 0 Å². The molecule has 0 aromatic rings. The number of allylic oxidation sites excluding steroid dienone is 2. The fourth-order valence-electron chi connectivity index (χ4n) is 3.73. The molecule has 1 heterocycles. The van der Waals surface area contributed by atoms with Crippen LogP contribution in [0.3, 0.4) is 0 Å². The molecule has 3 heteroatoms. The van der Waals surface area contributed by atoms with Crippen molar-refractivity contribution in [1.29, 1.82) is 0 Å². The zero-order valence-corrected chi connectivity index (χ0v) is 14.2. The van der Waals surface area contributed by atoms with Crippen LogP contribution in [0.25, 0.3) is 0 Å². The highest BCUT2D eigenvalue weighted by atomic mass is 16.5. The summed E-state index contributed by atoms with van der Waals surface area (Å²) in [5, 5.41) is 9.50. The van der Waals surface area contributed by atoms with E-state index in [0.29, 0.717) is 5.92 Å². The van der Waals surface area contributed by atoms with E-state index in [1.807, 2.05) is 0 Å². The third kappa shape index (κ3) is 5.53. The van der Waals surface area contributed by atoms with Gasteiger partial charge in [0.05, 0.1) is 13.2 Å². The van der Waals surface area contributed by atoms with Gasteiger partial charge in [0.1, 0.15) is 0 Å². The lowest BCUT2D eigenvalue weighted by Gasteiger charge is -2.29. The molecule has 22 heavy (non-hydrogen) atoms. The van der Waals surface area contributed by atoms with Gasteiger partial charge in [0.15, 0.2) is 0 Å². The van der Waals surface area contributed by atoms with Gasteiger partial charge in [-0.05, 0) is 38.5 Å². The Balaban J connectivity index is 2.08. The Morgan fingerprint density at radius 3 is 2.95 bits per heavy atom. The molecule has 0 aromatic heterocycles. The predicted octanol–water partition coefficient (Wildman–Crippen LogP) is 3.54. The highest BCUT2D eigenvalue weighted by Gasteiger charge is 2.22. The summed E-state index contributed by atoms with van der Waals surface area (Å²) in [5.74, 6) is 0.543. The van der Waals surface area contributed by atoms with Crippen molar-refractivity contribution in [3.8, 4) is 0 Å². The smallest absolute Gasteiger partial charge is 0.0615 e. The van der Waals surface area contributed by atoms with Crippen LogP contribution in [-0.2, 0) is 4.74 Å². The molecule has 3 nitrogen and oxygen atoms in total. The maximum atomic E-state index is 9.50. The van der Waals surface area contributed by atoms with E-state index in [2.05, 4.69) is 24.0 Å². The minimum absolute atomic E-state index is 0.160. The number of ether oxygens (including phenoxy) is 1. The predicted molar refractivity (Wildman–Crippen MR) is 92.0 cm³/mol. The summed E-state index contributed by atoms with van der Waals surface area (Å²) in [4.78, 5) is 2.50. The average Bonchev–Trinajstić information content (AvgIpc) is 2.82. The molecule has 1 N–H and O–H groups in total. The molecule has 0 saturated carbocycles. The molecule has 1 aliphatic heterocycles. The van der Waals surface area contributed by atoms with Crippen LogP contribution in [0.1, 0.15) is 51.9 Å². The third-order valence-corrected chi connectivity index (χ3v) is 4.87. The second kappa shape index (κ2) is 10.2. The van der Waals surface area contributed by atoms with Gasteiger partial charge in [-0.1, -0.05) is 36.6 Å². The number of rotatable bonds is 7. The van der Waals surface area contributed by atoms with Gasteiger partial charge >= 0.3 is 0 Å². The van der Waals surface area contributed by atoms with Gasteiger partial charge in [0.25, 0.3) is 0 Å². The summed E-state index contributed by atoms with van der Waals surface area (Å²) in [6.07, 6.45) is 13.2. The summed E-state index contributed by atoms with van der Waals surface area (Å²) in [5.41, 5.74) is 3.05. The molecule has 1 fully saturated rings. The Labute approximate surface area is 136 Å². The Bertz CT molecular complexity index is 368. The van der Waals surface area contributed by atoms with Crippen LogP contribution < -0.4 is 0 Å². The van der Waals surface area contributed by atoms with Crippen LogP contribution in [-0.4, -0.2) is 49.5 Å². The SMILES string of the molecule is CCCC(C1=CCCCC1)/C(=C\CO)CN1CCCOCC1.